The van der Waals surface area contributed by atoms with E-state index in [1.807, 2.05) is 6.92 Å². The summed E-state index contributed by atoms with van der Waals surface area (Å²) >= 11 is 0. The van der Waals surface area contributed by atoms with Crippen molar-refractivity contribution in [3.8, 4) is 0 Å². The molecule has 0 aliphatic heterocycles. The summed E-state index contributed by atoms with van der Waals surface area (Å²) < 4.78 is 27.6. The van der Waals surface area contributed by atoms with Crippen LogP contribution in [0.1, 0.15) is 18.3 Å². The standard InChI is InChI=1S/C12H14F2N4/c1-2-15-6-12-16-8-18(17-12)7-9-3-10(13)5-11(14)4-9/h3-5,8,15H,2,6-7H2,1H3. The van der Waals surface area contributed by atoms with Crippen LogP contribution in [0.4, 0.5) is 8.78 Å². The zero-order valence-corrected chi connectivity index (χ0v) is 10.0. The summed E-state index contributed by atoms with van der Waals surface area (Å²) in [5, 5.41) is 7.30. The van der Waals surface area contributed by atoms with Crippen LogP contribution in [0.3, 0.4) is 0 Å². The third kappa shape index (κ3) is 3.33. The van der Waals surface area contributed by atoms with Gasteiger partial charge < -0.3 is 5.32 Å². The molecular formula is C12H14F2N4. The zero-order valence-electron chi connectivity index (χ0n) is 10.0. The number of benzene rings is 1. The summed E-state index contributed by atoms with van der Waals surface area (Å²) in [6, 6.07) is 3.42. The Morgan fingerprint density at radius 3 is 2.61 bits per heavy atom. The Morgan fingerprint density at radius 1 is 1.22 bits per heavy atom. The van der Waals surface area contributed by atoms with Gasteiger partial charge in [0.25, 0.3) is 0 Å². The number of hydrogen-bond acceptors (Lipinski definition) is 3. The van der Waals surface area contributed by atoms with E-state index in [0.717, 1.165) is 12.6 Å². The van der Waals surface area contributed by atoms with Crippen molar-refractivity contribution in [1.82, 2.24) is 20.1 Å². The molecule has 4 nitrogen and oxygen atoms in total. The van der Waals surface area contributed by atoms with Crippen LogP contribution in [-0.4, -0.2) is 21.3 Å². The Bertz CT molecular complexity index is 504. The van der Waals surface area contributed by atoms with Crippen LogP contribution in [0.2, 0.25) is 0 Å². The topological polar surface area (TPSA) is 42.7 Å². The first kappa shape index (κ1) is 12.6. The van der Waals surface area contributed by atoms with Crippen molar-refractivity contribution in [2.24, 2.45) is 0 Å². The zero-order chi connectivity index (χ0) is 13.0. The van der Waals surface area contributed by atoms with Gasteiger partial charge in [0.15, 0.2) is 5.82 Å². The lowest BCUT2D eigenvalue weighted by Crippen LogP contribution is -2.13. The smallest absolute Gasteiger partial charge is 0.164 e. The molecule has 96 valence electrons. The molecule has 0 aliphatic rings. The predicted molar refractivity (Wildman–Crippen MR) is 62.9 cm³/mol. The number of hydrogen-bond donors (Lipinski definition) is 1. The summed E-state index contributed by atoms with van der Waals surface area (Å²) in [6.45, 7) is 3.71. The summed E-state index contributed by atoms with van der Waals surface area (Å²) in [4.78, 5) is 4.10. The molecule has 2 rings (SSSR count). The van der Waals surface area contributed by atoms with Crippen molar-refractivity contribution in [3.63, 3.8) is 0 Å². The van der Waals surface area contributed by atoms with Gasteiger partial charge in [0.05, 0.1) is 13.1 Å². The first-order chi connectivity index (χ1) is 8.67. The highest BCUT2D eigenvalue weighted by Crippen LogP contribution is 2.09. The van der Waals surface area contributed by atoms with Gasteiger partial charge in [0.1, 0.15) is 18.0 Å². The summed E-state index contributed by atoms with van der Waals surface area (Å²) in [6.07, 6.45) is 1.55. The largest absolute Gasteiger partial charge is 0.310 e. The van der Waals surface area contributed by atoms with Crippen molar-refractivity contribution >= 4 is 0 Å². The Kier molecular flexibility index (Phi) is 3.99. The maximum atomic E-state index is 13.0. The van der Waals surface area contributed by atoms with Crippen LogP contribution in [0.15, 0.2) is 24.5 Å². The minimum absolute atomic E-state index is 0.299. The Morgan fingerprint density at radius 2 is 1.94 bits per heavy atom. The molecule has 0 bridgehead atoms. The van der Waals surface area contributed by atoms with Gasteiger partial charge in [-0.2, -0.15) is 5.10 Å². The average molecular weight is 252 g/mol. The number of rotatable bonds is 5. The second kappa shape index (κ2) is 5.68. The molecule has 1 aromatic heterocycles. The van der Waals surface area contributed by atoms with Crippen LogP contribution in [0, 0.1) is 11.6 Å². The quantitative estimate of drug-likeness (QED) is 0.881. The van der Waals surface area contributed by atoms with E-state index in [2.05, 4.69) is 15.4 Å². The van der Waals surface area contributed by atoms with E-state index < -0.39 is 11.6 Å². The van der Waals surface area contributed by atoms with E-state index in [1.165, 1.54) is 12.1 Å². The van der Waals surface area contributed by atoms with E-state index in [-0.39, 0.29) is 0 Å². The molecule has 0 atom stereocenters. The maximum Gasteiger partial charge on any atom is 0.164 e. The molecule has 18 heavy (non-hydrogen) atoms. The van der Waals surface area contributed by atoms with Crippen LogP contribution >= 0.6 is 0 Å². The number of halogens is 2. The van der Waals surface area contributed by atoms with Crippen molar-refractivity contribution in [3.05, 3.63) is 47.5 Å². The third-order valence-electron chi connectivity index (χ3n) is 2.38. The molecule has 0 amide bonds. The van der Waals surface area contributed by atoms with E-state index in [1.54, 1.807) is 11.0 Å². The Balaban J connectivity index is 2.06. The first-order valence-electron chi connectivity index (χ1n) is 5.71. The van der Waals surface area contributed by atoms with Crippen LogP contribution < -0.4 is 5.32 Å². The third-order valence-corrected chi connectivity index (χ3v) is 2.38. The second-order valence-corrected chi connectivity index (χ2v) is 3.92. The molecule has 0 fully saturated rings. The highest BCUT2D eigenvalue weighted by atomic mass is 19.1. The Labute approximate surface area is 104 Å². The number of aromatic nitrogens is 3. The summed E-state index contributed by atoms with van der Waals surface area (Å²) in [5.41, 5.74) is 0.521. The molecule has 2 aromatic rings. The summed E-state index contributed by atoms with van der Waals surface area (Å²) in [7, 11) is 0. The lowest BCUT2D eigenvalue weighted by Gasteiger charge is -2.02. The van der Waals surface area contributed by atoms with Gasteiger partial charge in [0, 0.05) is 6.07 Å². The van der Waals surface area contributed by atoms with Gasteiger partial charge >= 0.3 is 0 Å². The molecular weight excluding hydrogens is 238 g/mol. The van der Waals surface area contributed by atoms with Gasteiger partial charge in [0.2, 0.25) is 0 Å². The van der Waals surface area contributed by atoms with Gasteiger partial charge in [-0.15, -0.1) is 0 Å². The van der Waals surface area contributed by atoms with Crippen LogP contribution in [0.5, 0.6) is 0 Å². The number of nitrogens with zero attached hydrogens (tertiary/aromatic N) is 3. The van der Waals surface area contributed by atoms with Gasteiger partial charge in [-0.1, -0.05) is 6.92 Å². The molecule has 1 heterocycles. The van der Waals surface area contributed by atoms with Crippen LogP contribution in [-0.2, 0) is 13.1 Å². The fraction of sp³-hybridized carbons (Fsp3) is 0.333. The van der Waals surface area contributed by atoms with E-state index in [4.69, 9.17) is 0 Å². The average Bonchev–Trinajstić information content (AvgIpc) is 2.72. The fourth-order valence-electron chi connectivity index (χ4n) is 1.62. The van der Waals surface area contributed by atoms with E-state index >= 15 is 0 Å². The number of nitrogens with one attached hydrogen (secondary N) is 1. The monoisotopic (exact) mass is 252 g/mol. The molecule has 0 saturated carbocycles. The minimum Gasteiger partial charge on any atom is -0.310 e. The van der Waals surface area contributed by atoms with E-state index in [9.17, 15) is 8.78 Å². The van der Waals surface area contributed by atoms with Gasteiger partial charge in [-0.05, 0) is 24.2 Å². The molecule has 0 spiro atoms. The molecule has 0 saturated heterocycles. The van der Waals surface area contributed by atoms with Crippen molar-refractivity contribution in [2.45, 2.75) is 20.0 Å². The molecule has 0 aliphatic carbocycles. The van der Waals surface area contributed by atoms with Crippen molar-refractivity contribution in [2.75, 3.05) is 6.54 Å². The predicted octanol–water partition coefficient (Wildman–Crippen LogP) is 1.71. The molecule has 0 unspecified atom stereocenters. The molecule has 6 heteroatoms. The van der Waals surface area contributed by atoms with Gasteiger partial charge in [-0.25, -0.2) is 18.4 Å². The lowest BCUT2D eigenvalue weighted by atomic mass is 10.2. The SMILES string of the molecule is CCNCc1ncn(Cc2cc(F)cc(F)c2)n1. The molecule has 1 N–H and O–H groups in total. The van der Waals surface area contributed by atoms with E-state index in [0.29, 0.717) is 24.5 Å². The lowest BCUT2D eigenvalue weighted by molar-refractivity contribution is 0.573. The molecule has 0 radical (unpaired) electrons. The van der Waals surface area contributed by atoms with Crippen molar-refractivity contribution < 1.29 is 8.78 Å². The Hall–Kier alpha value is -1.82. The van der Waals surface area contributed by atoms with Crippen LogP contribution in [0.25, 0.3) is 0 Å². The molecule has 1 aromatic carbocycles. The highest BCUT2D eigenvalue weighted by molar-refractivity contribution is 5.17. The maximum absolute atomic E-state index is 13.0. The normalized spacial score (nSPS) is 10.8. The first-order valence-corrected chi connectivity index (χ1v) is 5.71. The summed E-state index contributed by atoms with van der Waals surface area (Å²) in [5.74, 6) is -0.510. The highest BCUT2D eigenvalue weighted by Gasteiger charge is 2.04. The second-order valence-electron chi connectivity index (χ2n) is 3.92. The van der Waals surface area contributed by atoms with Crippen molar-refractivity contribution in [1.29, 1.82) is 0 Å². The van der Waals surface area contributed by atoms with Gasteiger partial charge in [-0.3, -0.25) is 0 Å². The fourth-order valence-corrected chi connectivity index (χ4v) is 1.62. The minimum atomic E-state index is -0.585.